The van der Waals surface area contributed by atoms with E-state index in [0.29, 0.717) is 23.1 Å². The Kier molecular flexibility index (Phi) is 5.48. The Hall–Kier alpha value is -2.22. The van der Waals surface area contributed by atoms with E-state index >= 15 is 0 Å². The molecule has 0 bridgehead atoms. The Balaban J connectivity index is 1.40. The molecule has 28 heavy (non-hydrogen) atoms. The van der Waals surface area contributed by atoms with Crippen LogP contribution in [0.4, 0.5) is 0 Å². The standard InChI is InChI=1S/C20H17ClN2O3S2/c1-12(19(24)23-7-5-17-14(10-23)6-8-27-17)26-20(25)16-11-28-18(22-16)13-3-2-4-15(21)9-13/h2-4,6,8-9,11-12H,5,7,10H2,1H3. The molecular weight excluding hydrogens is 416 g/mol. The lowest BCUT2D eigenvalue weighted by Gasteiger charge is -2.29. The van der Waals surface area contributed by atoms with Gasteiger partial charge in [-0.3, -0.25) is 4.79 Å². The number of amides is 1. The minimum atomic E-state index is -0.857. The molecule has 0 radical (unpaired) electrons. The second-order valence-corrected chi connectivity index (χ2v) is 8.77. The van der Waals surface area contributed by atoms with E-state index in [9.17, 15) is 9.59 Å². The summed E-state index contributed by atoms with van der Waals surface area (Å²) in [7, 11) is 0. The molecule has 8 heteroatoms. The van der Waals surface area contributed by atoms with Crippen LogP contribution in [0, 0.1) is 0 Å². The Morgan fingerprint density at radius 1 is 1.29 bits per heavy atom. The first-order valence-corrected chi connectivity index (χ1v) is 10.9. The van der Waals surface area contributed by atoms with E-state index in [2.05, 4.69) is 4.98 Å². The number of esters is 1. The number of rotatable bonds is 4. The highest BCUT2D eigenvalue weighted by Crippen LogP contribution is 2.27. The number of carbonyl (C=O) groups excluding carboxylic acids is 2. The molecule has 0 saturated carbocycles. The molecule has 0 spiro atoms. The average Bonchev–Trinajstić information content (AvgIpc) is 3.36. The normalized spacial score (nSPS) is 14.4. The van der Waals surface area contributed by atoms with Crippen LogP contribution in [0.2, 0.25) is 5.02 Å². The van der Waals surface area contributed by atoms with E-state index in [1.165, 1.54) is 21.8 Å². The summed E-state index contributed by atoms with van der Waals surface area (Å²) < 4.78 is 5.38. The van der Waals surface area contributed by atoms with Crippen molar-refractivity contribution in [2.24, 2.45) is 0 Å². The van der Waals surface area contributed by atoms with Crippen LogP contribution >= 0.6 is 34.3 Å². The van der Waals surface area contributed by atoms with Gasteiger partial charge in [0.2, 0.25) is 0 Å². The van der Waals surface area contributed by atoms with Crippen molar-refractivity contribution in [2.45, 2.75) is 26.0 Å². The number of nitrogens with zero attached hydrogens (tertiary/aromatic N) is 2. The van der Waals surface area contributed by atoms with E-state index in [4.69, 9.17) is 16.3 Å². The topological polar surface area (TPSA) is 59.5 Å². The molecule has 2 aromatic heterocycles. The van der Waals surface area contributed by atoms with Crippen LogP contribution in [0.1, 0.15) is 27.9 Å². The largest absolute Gasteiger partial charge is 0.448 e. The number of benzene rings is 1. The van der Waals surface area contributed by atoms with Crippen LogP contribution in [0.5, 0.6) is 0 Å². The molecule has 1 atom stereocenters. The molecule has 4 rings (SSSR count). The third-order valence-corrected chi connectivity index (χ3v) is 6.69. The van der Waals surface area contributed by atoms with Crippen molar-refractivity contribution in [3.63, 3.8) is 0 Å². The number of hydrogen-bond donors (Lipinski definition) is 0. The fourth-order valence-electron chi connectivity index (χ4n) is 3.09. The number of carbonyl (C=O) groups is 2. The second kappa shape index (κ2) is 8.03. The first-order valence-electron chi connectivity index (χ1n) is 8.78. The smallest absolute Gasteiger partial charge is 0.358 e. The highest BCUT2D eigenvalue weighted by molar-refractivity contribution is 7.13. The van der Waals surface area contributed by atoms with Gasteiger partial charge in [0.05, 0.1) is 0 Å². The summed E-state index contributed by atoms with van der Waals surface area (Å²) in [6, 6.07) is 9.32. The summed E-state index contributed by atoms with van der Waals surface area (Å²) in [6.45, 7) is 2.81. The number of thiazole rings is 1. The van der Waals surface area contributed by atoms with Crippen LogP contribution < -0.4 is 0 Å². The molecule has 0 N–H and O–H groups in total. The van der Waals surface area contributed by atoms with Gasteiger partial charge in [0.1, 0.15) is 5.01 Å². The van der Waals surface area contributed by atoms with Crippen LogP contribution in [-0.4, -0.2) is 34.4 Å². The van der Waals surface area contributed by atoms with Crippen LogP contribution in [0.15, 0.2) is 41.1 Å². The predicted octanol–water partition coefficient (Wildman–Crippen LogP) is 4.66. The molecule has 5 nitrogen and oxygen atoms in total. The van der Waals surface area contributed by atoms with E-state index < -0.39 is 12.1 Å². The molecule has 0 aliphatic carbocycles. The number of ether oxygens (including phenoxy) is 1. The van der Waals surface area contributed by atoms with E-state index in [0.717, 1.165) is 12.0 Å². The SMILES string of the molecule is CC(OC(=O)c1csc(-c2cccc(Cl)c2)n1)C(=O)N1CCc2sccc2C1. The van der Waals surface area contributed by atoms with Gasteiger partial charge >= 0.3 is 5.97 Å². The van der Waals surface area contributed by atoms with Crippen molar-refractivity contribution in [3.05, 3.63) is 62.2 Å². The third kappa shape index (κ3) is 3.97. The van der Waals surface area contributed by atoms with Crippen molar-refractivity contribution in [3.8, 4) is 10.6 Å². The first kappa shape index (κ1) is 19.1. The molecule has 1 aliphatic rings. The van der Waals surface area contributed by atoms with E-state index in [-0.39, 0.29) is 11.6 Å². The van der Waals surface area contributed by atoms with E-state index in [1.54, 1.807) is 40.7 Å². The second-order valence-electron chi connectivity index (χ2n) is 6.47. The summed E-state index contributed by atoms with van der Waals surface area (Å²) in [5.41, 5.74) is 2.20. The molecule has 1 aliphatic heterocycles. The summed E-state index contributed by atoms with van der Waals surface area (Å²) in [5, 5.41) is 4.96. The maximum Gasteiger partial charge on any atom is 0.358 e. The zero-order valence-corrected chi connectivity index (χ0v) is 17.4. The summed E-state index contributed by atoms with van der Waals surface area (Å²) in [4.78, 5) is 32.5. The maximum atomic E-state index is 12.7. The Morgan fingerprint density at radius 3 is 2.96 bits per heavy atom. The highest BCUT2D eigenvalue weighted by atomic mass is 35.5. The molecular formula is C20H17ClN2O3S2. The number of halogens is 1. The van der Waals surface area contributed by atoms with Crippen molar-refractivity contribution >= 4 is 46.2 Å². The number of aromatic nitrogens is 1. The molecule has 3 heterocycles. The fourth-order valence-corrected chi connectivity index (χ4v) is 4.95. The zero-order chi connectivity index (χ0) is 19.7. The van der Waals surface area contributed by atoms with Gasteiger partial charge in [0.15, 0.2) is 11.8 Å². The first-order chi connectivity index (χ1) is 13.5. The fraction of sp³-hybridized carbons (Fsp3) is 0.250. The average molecular weight is 433 g/mol. The minimum absolute atomic E-state index is 0.185. The Bertz CT molecular complexity index is 1030. The lowest BCUT2D eigenvalue weighted by molar-refractivity contribution is -0.140. The van der Waals surface area contributed by atoms with Gasteiger partial charge in [-0.1, -0.05) is 23.7 Å². The van der Waals surface area contributed by atoms with Gasteiger partial charge in [-0.15, -0.1) is 22.7 Å². The van der Waals surface area contributed by atoms with Gasteiger partial charge in [-0.2, -0.15) is 0 Å². The quantitative estimate of drug-likeness (QED) is 0.563. The van der Waals surface area contributed by atoms with Crippen molar-refractivity contribution in [1.82, 2.24) is 9.88 Å². The van der Waals surface area contributed by atoms with Crippen molar-refractivity contribution in [2.75, 3.05) is 6.54 Å². The molecule has 0 saturated heterocycles. The van der Waals surface area contributed by atoms with Gasteiger partial charge in [0.25, 0.3) is 5.91 Å². The van der Waals surface area contributed by atoms with Gasteiger partial charge in [-0.25, -0.2) is 9.78 Å². The van der Waals surface area contributed by atoms with Crippen LogP contribution in [0.3, 0.4) is 0 Å². The summed E-state index contributed by atoms with van der Waals surface area (Å²) in [5.74, 6) is -0.783. The zero-order valence-electron chi connectivity index (χ0n) is 15.1. The number of fused-ring (bicyclic) bond motifs is 1. The van der Waals surface area contributed by atoms with Crippen LogP contribution in [-0.2, 0) is 22.5 Å². The Labute approximate surface area is 175 Å². The van der Waals surface area contributed by atoms with Crippen LogP contribution in [0.25, 0.3) is 10.6 Å². The maximum absolute atomic E-state index is 12.7. The van der Waals surface area contributed by atoms with Gasteiger partial charge < -0.3 is 9.64 Å². The monoisotopic (exact) mass is 432 g/mol. The third-order valence-electron chi connectivity index (χ3n) is 4.54. The molecule has 144 valence electrons. The summed E-state index contributed by atoms with van der Waals surface area (Å²) >= 11 is 9.06. The van der Waals surface area contributed by atoms with Gasteiger partial charge in [-0.05, 0) is 42.5 Å². The molecule has 0 fully saturated rings. The number of hydrogen-bond acceptors (Lipinski definition) is 6. The van der Waals surface area contributed by atoms with E-state index in [1.807, 2.05) is 23.6 Å². The number of thiophene rings is 1. The van der Waals surface area contributed by atoms with Crippen molar-refractivity contribution in [1.29, 1.82) is 0 Å². The van der Waals surface area contributed by atoms with Gasteiger partial charge in [0, 0.05) is 33.9 Å². The van der Waals surface area contributed by atoms with Crippen molar-refractivity contribution < 1.29 is 14.3 Å². The highest BCUT2D eigenvalue weighted by Gasteiger charge is 2.28. The molecule has 1 unspecified atom stereocenters. The molecule has 1 amide bonds. The lowest BCUT2D eigenvalue weighted by atomic mass is 10.1. The minimum Gasteiger partial charge on any atom is -0.448 e. The Morgan fingerprint density at radius 2 is 2.14 bits per heavy atom. The lowest BCUT2D eigenvalue weighted by Crippen LogP contribution is -2.42. The predicted molar refractivity (Wildman–Crippen MR) is 111 cm³/mol. The molecule has 1 aromatic carbocycles. The molecule has 3 aromatic rings. The summed E-state index contributed by atoms with van der Waals surface area (Å²) in [6.07, 6.45) is -0.0156.